The predicted molar refractivity (Wildman–Crippen MR) is 91.2 cm³/mol. The van der Waals surface area contributed by atoms with Gasteiger partial charge in [0.1, 0.15) is 11.6 Å². The van der Waals surface area contributed by atoms with Crippen LogP contribution in [0.25, 0.3) is 0 Å². The summed E-state index contributed by atoms with van der Waals surface area (Å²) in [6, 6.07) is 3.66. The molecule has 4 nitrogen and oxygen atoms in total. The molecule has 6 heteroatoms. The second kappa shape index (κ2) is 8.72. The summed E-state index contributed by atoms with van der Waals surface area (Å²) in [5, 5.41) is 0. The second-order valence-electron chi connectivity index (χ2n) is 7.03. The highest BCUT2D eigenvalue weighted by Crippen LogP contribution is 2.22. The highest BCUT2D eigenvalue weighted by Gasteiger charge is 2.26. The zero-order valence-corrected chi connectivity index (χ0v) is 14.6. The zero-order valence-electron chi connectivity index (χ0n) is 14.6. The molecule has 0 spiro atoms. The van der Waals surface area contributed by atoms with Gasteiger partial charge in [-0.3, -0.25) is 9.69 Å². The van der Waals surface area contributed by atoms with Crippen molar-refractivity contribution < 1.29 is 18.3 Å². The van der Waals surface area contributed by atoms with E-state index in [0.29, 0.717) is 24.9 Å². The van der Waals surface area contributed by atoms with Gasteiger partial charge in [-0.2, -0.15) is 0 Å². The zero-order chi connectivity index (χ0) is 17.6. The van der Waals surface area contributed by atoms with Gasteiger partial charge in [0.25, 0.3) is 0 Å². The summed E-state index contributed by atoms with van der Waals surface area (Å²) in [6.07, 6.45) is 2.95. The lowest BCUT2D eigenvalue weighted by molar-refractivity contribution is -0.130. The van der Waals surface area contributed by atoms with Gasteiger partial charge < -0.3 is 9.64 Å². The van der Waals surface area contributed by atoms with Crippen LogP contribution in [0, 0.1) is 17.6 Å². The number of hydrogen-bond donors (Lipinski definition) is 0. The molecule has 0 aliphatic carbocycles. The summed E-state index contributed by atoms with van der Waals surface area (Å²) < 4.78 is 31.9. The lowest BCUT2D eigenvalue weighted by Gasteiger charge is -2.26. The fourth-order valence-electron chi connectivity index (χ4n) is 3.72. The molecule has 0 aromatic heterocycles. The quantitative estimate of drug-likeness (QED) is 0.789. The van der Waals surface area contributed by atoms with Crippen LogP contribution in [0.5, 0.6) is 0 Å². The number of carbonyl (C=O) groups is 1. The molecule has 25 heavy (non-hydrogen) atoms. The third-order valence-corrected chi connectivity index (χ3v) is 5.05. The predicted octanol–water partition coefficient (Wildman–Crippen LogP) is 2.47. The lowest BCUT2D eigenvalue weighted by Crippen LogP contribution is -2.37. The first kappa shape index (κ1) is 18.3. The Morgan fingerprint density at radius 3 is 2.56 bits per heavy atom. The van der Waals surface area contributed by atoms with E-state index in [1.165, 1.54) is 12.1 Å². The first-order chi connectivity index (χ1) is 12.1. The molecule has 1 atom stereocenters. The molecule has 1 amide bonds. The van der Waals surface area contributed by atoms with Gasteiger partial charge in [0.2, 0.25) is 5.91 Å². The molecule has 2 saturated heterocycles. The van der Waals surface area contributed by atoms with Crippen LogP contribution >= 0.6 is 0 Å². The first-order valence-corrected chi connectivity index (χ1v) is 9.13. The van der Waals surface area contributed by atoms with Crippen LogP contribution in [0.4, 0.5) is 8.78 Å². The van der Waals surface area contributed by atoms with Crippen LogP contribution in [0.2, 0.25) is 0 Å². The fourth-order valence-corrected chi connectivity index (χ4v) is 3.72. The number of carbonyl (C=O) groups excluding carboxylic acids is 1. The molecule has 2 aliphatic rings. The molecule has 0 N–H and O–H groups in total. The average molecular weight is 352 g/mol. The number of halogens is 2. The van der Waals surface area contributed by atoms with E-state index in [4.69, 9.17) is 4.74 Å². The van der Waals surface area contributed by atoms with Gasteiger partial charge in [-0.25, -0.2) is 8.78 Å². The standard InChI is InChI=1S/C19H26F2N2O2/c20-17-11-16(12-18(21)13-17)10-15-3-5-23(14-15)19(24)2-1-4-22-6-8-25-9-7-22/h11-13,15H,1-10,14H2. The maximum Gasteiger partial charge on any atom is 0.222 e. The van der Waals surface area contributed by atoms with Crippen LogP contribution in [0.15, 0.2) is 18.2 Å². The number of likely N-dealkylation sites (tertiary alicyclic amines) is 1. The Hall–Kier alpha value is -1.53. The number of benzene rings is 1. The Balaban J connectivity index is 1.40. The minimum absolute atomic E-state index is 0.196. The second-order valence-corrected chi connectivity index (χ2v) is 7.03. The van der Waals surface area contributed by atoms with E-state index in [1.54, 1.807) is 0 Å². The number of rotatable bonds is 6. The fraction of sp³-hybridized carbons (Fsp3) is 0.632. The minimum Gasteiger partial charge on any atom is -0.379 e. The molecule has 3 rings (SSSR count). The molecule has 2 heterocycles. The van der Waals surface area contributed by atoms with Gasteiger partial charge in [0.15, 0.2) is 0 Å². The first-order valence-electron chi connectivity index (χ1n) is 9.13. The van der Waals surface area contributed by atoms with Gasteiger partial charge in [-0.15, -0.1) is 0 Å². The van der Waals surface area contributed by atoms with Gasteiger partial charge in [-0.05, 0) is 49.4 Å². The van der Waals surface area contributed by atoms with Crippen LogP contribution in [-0.4, -0.2) is 61.6 Å². The molecule has 1 aromatic rings. The van der Waals surface area contributed by atoms with Crippen molar-refractivity contribution in [2.24, 2.45) is 5.92 Å². The highest BCUT2D eigenvalue weighted by molar-refractivity contribution is 5.76. The van der Waals surface area contributed by atoms with Crippen molar-refractivity contribution in [3.05, 3.63) is 35.4 Å². The van der Waals surface area contributed by atoms with E-state index < -0.39 is 11.6 Å². The van der Waals surface area contributed by atoms with E-state index in [9.17, 15) is 13.6 Å². The van der Waals surface area contributed by atoms with Gasteiger partial charge in [-0.1, -0.05) is 0 Å². The smallest absolute Gasteiger partial charge is 0.222 e. The van der Waals surface area contributed by atoms with E-state index in [-0.39, 0.29) is 11.8 Å². The molecular formula is C19H26F2N2O2. The van der Waals surface area contributed by atoms with Gasteiger partial charge in [0.05, 0.1) is 13.2 Å². The van der Waals surface area contributed by atoms with Crippen molar-refractivity contribution in [1.29, 1.82) is 0 Å². The molecule has 0 bridgehead atoms. The summed E-state index contributed by atoms with van der Waals surface area (Å²) >= 11 is 0. The molecule has 2 fully saturated rings. The molecule has 0 saturated carbocycles. The van der Waals surface area contributed by atoms with E-state index in [0.717, 1.165) is 58.3 Å². The largest absolute Gasteiger partial charge is 0.379 e. The molecule has 2 aliphatic heterocycles. The van der Waals surface area contributed by atoms with Crippen LogP contribution in [0.1, 0.15) is 24.8 Å². The maximum absolute atomic E-state index is 13.3. The van der Waals surface area contributed by atoms with Crippen LogP contribution in [0.3, 0.4) is 0 Å². The van der Waals surface area contributed by atoms with E-state index in [1.807, 2.05) is 4.90 Å². The van der Waals surface area contributed by atoms with Crippen molar-refractivity contribution in [2.75, 3.05) is 45.9 Å². The van der Waals surface area contributed by atoms with Crippen molar-refractivity contribution in [3.8, 4) is 0 Å². The minimum atomic E-state index is -0.538. The molecule has 1 unspecified atom stereocenters. The van der Waals surface area contributed by atoms with E-state index >= 15 is 0 Å². The Bertz CT molecular complexity index is 571. The number of ether oxygens (including phenoxy) is 1. The topological polar surface area (TPSA) is 32.8 Å². The third-order valence-electron chi connectivity index (χ3n) is 5.05. The SMILES string of the molecule is O=C(CCCN1CCOCC1)N1CCC(Cc2cc(F)cc(F)c2)C1. The van der Waals surface area contributed by atoms with Crippen molar-refractivity contribution >= 4 is 5.91 Å². The molecule has 1 aromatic carbocycles. The Labute approximate surface area is 147 Å². The summed E-state index contributed by atoms with van der Waals surface area (Å²) in [4.78, 5) is 16.6. The average Bonchev–Trinajstić information content (AvgIpc) is 3.03. The molecule has 138 valence electrons. The number of amides is 1. The monoisotopic (exact) mass is 352 g/mol. The van der Waals surface area contributed by atoms with Gasteiger partial charge in [0, 0.05) is 38.7 Å². The summed E-state index contributed by atoms with van der Waals surface area (Å²) in [5.74, 6) is -0.598. The van der Waals surface area contributed by atoms with Gasteiger partial charge >= 0.3 is 0 Å². The van der Waals surface area contributed by atoms with Crippen molar-refractivity contribution in [1.82, 2.24) is 9.80 Å². The summed E-state index contributed by atoms with van der Waals surface area (Å²) in [6.45, 7) is 5.83. The number of hydrogen-bond acceptors (Lipinski definition) is 3. The molecule has 0 radical (unpaired) electrons. The Morgan fingerprint density at radius 2 is 1.84 bits per heavy atom. The lowest BCUT2D eigenvalue weighted by atomic mass is 9.98. The van der Waals surface area contributed by atoms with Crippen LogP contribution < -0.4 is 0 Å². The highest BCUT2D eigenvalue weighted by atomic mass is 19.1. The van der Waals surface area contributed by atoms with E-state index in [2.05, 4.69) is 4.90 Å². The normalized spacial score (nSPS) is 21.7. The number of nitrogens with zero attached hydrogens (tertiary/aromatic N) is 2. The maximum atomic E-state index is 13.3. The van der Waals surface area contributed by atoms with Crippen LogP contribution in [-0.2, 0) is 16.0 Å². The van der Waals surface area contributed by atoms with Crippen molar-refractivity contribution in [3.63, 3.8) is 0 Å². The molecular weight excluding hydrogens is 326 g/mol. The Morgan fingerprint density at radius 1 is 1.12 bits per heavy atom. The summed E-state index contributed by atoms with van der Waals surface area (Å²) in [5.41, 5.74) is 0.670. The number of morpholine rings is 1. The van der Waals surface area contributed by atoms with Crippen molar-refractivity contribution in [2.45, 2.75) is 25.7 Å². The Kier molecular flexibility index (Phi) is 6.37. The third kappa shape index (κ3) is 5.47. The summed E-state index contributed by atoms with van der Waals surface area (Å²) in [7, 11) is 0.